The number of thiazole rings is 1. The Bertz CT molecular complexity index is 1120. The SMILES string of the molecule is Cc1ccc(OCC(=O)Nc2ccc(Cc3nc4ccccc4s3)cc2)cc1C. The molecule has 4 aromatic rings. The molecule has 4 rings (SSSR count). The van der Waals surface area contributed by atoms with Gasteiger partial charge in [-0.2, -0.15) is 0 Å². The summed E-state index contributed by atoms with van der Waals surface area (Å²) in [6.45, 7) is 4.06. The van der Waals surface area contributed by atoms with Crippen LogP contribution in [0.5, 0.6) is 5.75 Å². The van der Waals surface area contributed by atoms with Crippen LogP contribution in [0.1, 0.15) is 21.7 Å². The fourth-order valence-electron chi connectivity index (χ4n) is 3.03. The van der Waals surface area contributed by atoms with E-state index in [4.69, 9.17) is 4.74 Å². The normalized spacial score (nSPS) is 10.8. The molecule has 0 saturated carbocycles. The van der Waals surface area contributed by atoms with Crippen molar-refractivity contribution in [3.63, 3.8) is 0 Å². The number of benzene rings is 3. The smallest absolute Gasteiger partial charge is 0.262 e. The van der Waals surface area contributed by atoms with E-state index in [0.29, 0.717) is 5.75 Å². The first kappa shape index (κ1) is 19.2. The van der Waals surface area contributed by atoms with Gasteiger partial charge in [0.2, 0.25) is 0 Å². The Morgan fingerprint density at radius 1 is 1.00 bits per heavy atom. The molecule has 0 unspecified atom stereocenters. The highest BCUT2D eigenvalue weighted by molar-refractivity contribution is 7.18. The van der Waals surface area contributed by atoms with Gasteiger partial charge >= 0.3 is 0 Å². The number of fused-ring (bicyclic) bond motifs is 1. The zero-order valence-corrected chi connectivity index (χ0v) is 17.3. The van der Waals surface area contributed by atoms with E-state index in [9.17, 15) is 4.79 Å². The molecule has 3 aromatic carbocycles. The topological polar surface area (TPSA) is 51.2 Å². The van der Waals surface area contributed by atoms with Gasteiger partial charge in [-0.25, -0.2) is 4.98 Å². The van der Waals surface area contributed by atoms with Crippen molar-refractivity contribution in [2.45, 2.75) is 20.3 Å². The lowest BCUT2D eigenvalue weighted by Crippen LogP contribution is -2.20. The molecule has 0 aliphatic heterocycles. The third-order valence-electron chi connectivity index (χ3n) is 4.78. The first-order valence-electron chi connectivity index (χ1n) is 9.50. The lowest BCUT2D eigenvalue weighted by Gasteiger charge is -2.09. The van der Waals surface area contributed by atoms with Crippen LogP contribution >= 0.6 is 11.3 Å². The molecule has 0 aliphatic carbocycles. The first-order valence-corrected chi connectivity index (χ1v) is 10.3. The van der Waals surface area contributed by atoms with Crippen molar-refractivity contribution in [1.29, 1.82) is 0 Å². The molecular weight excluding hydrogens is 380 g/mol. The third kappa shape index (κ3) is 4.81. The number of hydrogen-bond donors (Lipinski definition) is 1. The highest BCUT2D eigenvalue weighted by atomic mass is 32.1. The Morgan fingerprint density at radius 2 is 1.79 bits per heavy atom. The summed E-state index contributed by atoms with van der Waals surface area (Å²) in [6.07, 6.45) is 0.781. The van der Waals surface area contributed by atoms with Gasteiger partial charge in [0, 0.05) is 12.1 Å². The number of hydrogen-bond acceptors (Lipinski definition) is 4. The number of nitrogens with zero attached hydrogens (tertiary/aromatic N) is 1. The number of rotatable bonds is 6. The zero-order chi connectivity index (χ0) is 20.2. The molecule has 1 N–H and O–H groups in total. The molecule has 0 saturated heterocycles. The van der Waals surface area contributed by atoms with E-state index in [2.05, 4.69) is 16.4 Å². The molecule has 0 aliphatic rings. The third-order valence-corrected chi connectivity index (χ3v) is 5.82. The molecule has 1 heterocycles. The van der Waals surface area contributed by atoms with Crippen molar-refractivity contribution in [2.75, 3.05) is 11.9 Å². The van der Waals surface area contributed by atoms with Crippen LogP contribution in [-0.2, 0) is 11.2 Å². The molecule has 1 aromatic heterocycles. The number of carbonyl (C=O) groups excluding carboxylic acids is 1. The Hall–Kier alpha value is -3.18. The van der Waals surface area contributed by atoms with Gasteiger partial charge in [0.15, 0.2) is 6.61 Å². The Balaban J connectivity index is 1.32. The maximum absolute atomic E-state index is 12.2. The minimum absolute atomic E-state index is 0.0179. The molecule has 146 valence electrons. The van der Waals surface area contributed by atoms with E-state index in [-0.39, 0.29) is 12.5 Å². The largest absolute Gasteiger partial charge is 0.484 e. The van der Waals surface area contributed by atoms with Gasteiger partial charge in [0.1, 0.15) is 5.75 Å². The van der Waals surface area contributed by atoms with E-state index in [1.54, 1.807) is 11.3 Å². The van der Waals surface area contributed by atoms with Crippen molar-refractivity contribution in [3.05, 3.63) is 88.4 Å². The van der Waals surface area contributed by atoms with Crippen molar-refractivity contribution in [3.8, 4) is 5.75 Å². The van der Waals surface area contributed by atoms with Crippen LogP contribution in [0.4, 0.5) is 5.69 Å². The molecular formula is C24H22N2O2S. The average molecular weight is 403 g/mol. The van der Waals surface area contributed by atoms with Crippen LogP contribution < -0.4 is 10.1 Å². The van der Waals surface area contributed by atoms with Crippen LogP contribution in [-0.4, -0.2) is 17.5 Å². The minimum Gasteiger partial charge on any atom is -0.484 e. The van der Waals surface area contributed by atoms with Crippen molar-refractivity contribution in [2.24, 2.45) is 0 Å². The molecule has 0 radical (unpaired) electrons. The number of aryl methyl sites for hydroxylation is 2. The fraction of sp³-hybridized carbons (Fsp3) is 0.167. The Morgan fingerprint density at radius 3 is 2.55 bits per heavy atom. The highest BCUT2D eigenvalue weighted by Gasteiger charge is 2.07. The van der Waals surface area contributed by atoms with Gasteiger partial charge in [-0.15, -0.1) is 11.3 Å². The maximum Gasteiger partial charge on any atom is 0.262 e. The Labute approximate surface area is 174 Å². The second kappa shape index (κ2) is 8.45. The molecule has 0 atom stereocenters. The summed E-state index contributed by atoms with van der Waals surface area (Å²) in [5, 5.41) is 3.96. The summed E-state index contributed by atoms with van der Waals surface area (Å²) < 4.78 is 6.79. The molecule has 5 heteroatoms. The summed E-state index contributed by atoms with van der Waals surface area (Å²) in [5.41, 5.74) is 5.31. The fourth-order valence-corrected chi connectivity index (χ4v) is 4.03. The minimum atomic E-state index is -0.179. The zero-order valence-electron chi connectivity index (χ0n) is 16.4. The molecule has 0 spiro atoms. The second-order valence-corrected chi connectivity index (χ2v) is 8.15. The lowest BCUT2D eigenvalue weighted by atomic mass is 10.1. The number of aromatic nitrogens is 1. The van der Waals surface area contributed by atoms with Crippen LogP contribution in [0.3, 0.4) is 0 Å². The average Bonchev–Trinajstić information content (AvgIpc) is 3.13. The van der Waals surface area contributed by atoms with Crippen LogP contribution in [0.15, 0.2) is 66.7 Å². The van der Waals surface area contributed by atoms with Gasteiger partial charge in [-0.3, -0.25) is 4.79 Å². The van der Waals surface area contributed by atoms with E-state index in [0.717, 1.165) is 33.8 Å². The number of nitrogens with one attached hydrogen (secondary N) is 1. The van der Waals surface area contributed by atoms with Crippen molar-refractivity contribution >= 4 is 33.1 Å². The number of carbonyl (C=O) groups is 1. The van der Waals surface area contributed by atoms with Crippen molar-refractivity contribution < 1.29 is 9.53 Å². The summed E-state index contributed by atoms with van der Waals surface area (Å²) >= 11 is 1.72. The maximum atomic E-state index is 12.2. The molecule has 0 fully saturated rings. The van der Waals surface area contributed by atoms with E-state index in [1.165, 1.54) is 10.3 Å². The number of ether oxygens (including phenoxy) is 1. The van der Waals surface area contributed by atoms with Crippen LogP contribution in [0.2, 0.25) is 0 Å². The molecule has 1 amide bonds. The monoisotopic (exact) mass is 402 g/mol. The van der Waals surface area contributed by atoms with E-state index >= 15 is 0 Å². The lowest BCUT2D eigenvalue weighted by molar-refractivity contribution is -0.118. The predicted molar refractivity (Wildman–Crippen MR) is 119 cm³/mol. The standard InChI is InChI=1S/C24H22N2O2S/c1-16-7-12-20(13-17(16)2)28-15-23(27)25-19-10-8-18(9-11-19)14-24-26-21-5-3-4-6-22(21)29-24/h3-13H,14-15H2,1-2H3,(H,25,27). The van der Waals surface area contributed by atoms with Gasteiger partial charge < -0.3 is 10.1 Å². The molecule has 4 nitrogen and oxygen atoms in total. The predicted octanol–water partition coefficient (Wildman–Crippen LogP) is 5.52. The summed E-state index contributed by atoms with van der Waals surface area (Å²) in [5.74, 6) is 0.525. The Kier molecular flexibility index (Phi) is 5.58. The van der Waals surface area contributed by atoms with Crippen LogP contribution in [0.25, 0.3) is 10.2 Å². The van der Waals surface area contributed by atoms with Gasteiger partial charge in [0.05, 0.1) is 15.2 Å². The number of anilines is 1. The molecule has 0 bridgehead atoms. The van der Waals surface area contributed by atoms with E-state index in [1.807, 2.05) is 74.5 Å². The van der Waals surface area contributed by atoms with Crippen LogP contribution in [0, 0.1) is 13.8 Å². The summed E-state index contributed by atoms with van der Waals surface area (Å²) in [7, 11) is 0. The van der Waals surface area contributed by atoms with Crippen molar-refractivity contribution in [1.82, 2.24) is 4.98 Å². The highest BCUT2D eigenvalue weighted by Crippen LogP contribution is 2.24. The van der Waals surface area contributed by atoms with Gasteiger partial charge in [-0.05, 0) is 66.9 Å². The summed E-state index contributed by atoms with van der Waals surface area (Å²) in [4.78, 5) is 16.8. The first-order chi connectivity index (χ1) is 14.1. The van der Waals surface area contributed by atoms with E-state index < -0.39 is 0 Å². The number of para-hydroxylation sites is 1. The second-order valence-electron chi connectivity index (χ2n) is 7.03. The van der Waals surface area contributed by atoms with Gasteiger partial charge in [0.25, 0.3) is 5.91 Å². The van der Waals surface area contributed by atoms with Gasteiger partial charge in [-0.1, -0.05) is 30.3 Å². The summed E-state index contributed by atoms with van der Waals surface area (Å²) in [6, 6.07) is 21.9. The quantitative estimate of drug-likeness (QED) is 0.462. The number of amides is 1. The molecule has 29 heavy (non-hydrogen) atoms.